The summed E-state index contributed by atoms with van der Waals surface area (Å²) in [5.41, 5.74) is 4.16. The van der Waals surface area contributed by atoms with Crippen LogP contribution >= 0.6 is 0 Å². The second kappa shape index (κ2) is 31.0. The predicted octanol–water partition coefficient (Wildman–Crippen LogP) is 24.2. The van der Waals surface area contributed by atoms with Gasteiger partial charge in [0.05, 0.1) is 24.2 Å². The van der Waals surface area contributed by atoms with Gasteiger partial charge in [-0.05, 0) is 195 Å². The lowest BCUT2D eigenvalue weighted by Gasteiger charge is -2.31. The van der Waals surface area contributed by atoms with Crippen molar-refractivity contribution in [1.29, 1.82) is 0 Å². The highest BCUT2D eigenvalue weighted by molar-refractivity contribution is 6.27. The molecule has 0 saturated heterocycles. The van der Waals surface area contributed by atoms with Gasteiger partial charge in [-0.1, -0.05) is 315 Å². The highest BCUT2D eigenvalue weighted by atomic mass is 16.2. The third-order valence-electron chi connectivity index (χ3n) is 23.6. The van der Waals surface area contributed by atoms with E-state index in [4.69, 9.17) is 0 Å². The first-order valence-corrected chi connectivity index (χ1v) is 39.6. The van der Waals surface area contributed by atoms with Crippen LogP contribution in [-0.2, 0) is 0 Å². The van der Waals surface area contributed by atoms with Gasteiger partial charge in [0.15, 0.2) is 0 Å². The van der Waals surface area contributed by atoms with E-state index < -0.39 is 71.4 Å². The van der Waals surface area contributed by atoms with Crippen LogP contribution in [0.4, 0.5) is 0 Å². The van der Waals surface area contributed by atoms with Gasteiger partial charge < -0.3 is 0 Å². The third-order valence-corrected chi connectivity index (χ3v) is 23.6. The maximum atomic E-state index is 16.6. The Bertz CT molecular complexity index is 6770. The van der Waals surface area contributed by atoms with E-state index in [1.807, 2.05) is 270 Å². The van der Waals surface area contributed by atoms with Crippen LogP contribution in [0.1, 0.15) is 157 Å². The number of fused-ring (bicyclic) bond motifs is 9. The Kier molecular flexibility index (Phi) is 19.5. The minimum Gasteiger partial charge on any atom is -0.269 e. The maximum Gasteiger partial charge on any atom is 0.261 e. The first kappa shape index (κ1) is 74.3. The molecule has 0 saturated carbocycles. The van der Waals surface area contributed by atoms with E-state index in [1.165, 1.54) is 31.7 Å². The molecular formula is C106H76N4O8. The topological polar surface area (TPSA) is 150 Å². The number of nitrogens with zero attached hydrogens (tertiary/aromatic N) is 4. The Hall–Kier alpha value is -15.1. The first-order chi connectivity index (χ1) is 57.6. The molecule has 0 aliphatic heterocycles. The first-order valence-electron chi connectivity index (χ1n) is 39.6. The second-order valence-corrected chi connectivity index (χ2v) is 30.1. The lowest BCUT2D eigenvalue weighted by molar-refractivity contribution is 0.0539. The fourth-order valence-electron chi connectivity index (χ4n) is 17.7. The standard InChI is InChI=1S/C106H76N4O8/c1-65(75-53-23-35-69-29-5-11-41-79(69)75)107(99(111)91-57-27-39-73-33-9-15-45-83(73)91)101(113)93-59-61-95(87-49-19-17-47-85(87)93)103(115)109(67(3)77-55-25-37-71-31-7-13-43-81(71)77)105(117)97-63-64-98(90-52-22-21-51-89(90)97)106(118)110(68(4)78-56-26-38-72-32-8-14-44-82(72)78)104(116)96-62-60-94(86-48-18-20-50-88(86)96)102(114)108(66(2)76-54-24-36-70-30-6-12-42-80(70)76)100(112)92-58-28-40-74-34-10-16-46-84(74)92/h5-68H,1-4H3/t65-,66-,67-,68-/m0/s1. The summed E-state index contributed by atoms with van der Waals surface area (Å²) in [6.07, 6.45) is 0. The van der Waals surface area contributed by atoms with Crippen LogP contribution in [0.25, 0.3) is 97.0 Å². The second-order valence-electron chi connectivity index (χ2n) is 30.1. The van der Waals surface area contributed by atoms with Crippen LogP contribution in [0.2, 0.25) is 0 Å². The van der Waals surface area contributed by atoms with E-state index in [1.54, 1.807) is 109 Å². The minimum absolute atomic E-state index is 0.0719. The molecule has 18 aromatic carbocycles. The molecule has 0 aromatic heterocycles. The van der Waals surface area contributed by atoms with Gasteiger partial charge in [0, 0.05) is 44.5 Å². The fraction of sp³-hybridized carbons (Fsp3) is 0.0755. The summed E-state index contributed by atoms with van der Waals surface area (Å²) in [5, 5.41) is 12.0. The zero-order chi connectivity index (χ0) is 81.0. The van der Waals surface area contributed by atoms with Crippen LogP contribution in [0.15, 0.2) is 364 Å². The number of carbonyl (C=O) groups is 8. The van der Waals surface area contributed by atoms with E-state index >= 15 is 38.4 Å². The summed E-state index contributed by atoms with van der Waals surface area (Å²) in [6, 6.07) is 107. The number of benzene rings is 18. The number of amides is 8. The molecule has 118 heavy (non-hydrogen) atoms. The number of hydrogen-bond acceptors (Lipinski definition) is 8. The Morgan fingerprint density at radius 2 is 0.288 bits per heavy atom. The van der Waals surface area contributed by atoms with Gasteiger partial charge in [-0.2, -0.15) is 0 Å². The Morgan fingerprint density at radius 3 is 0.483 bits per heavy atom. The van der Waals surface area contributed by atoms with Crippen molar-refractivity contribution in [2.24, 2.45) is 0 Å². The zero-order valence-electron chi connectivity index (χ0n) is 65.0. The van der Waals surface area contributed by atoms with E-state index in [-0.39, 0.29) is 33.4 Å². The van der Waals surface area contributed by atoms with Crippen molar-refractivity contribution < 1.29 is 38.4 Å². The minimum atomic E-state index is -0.965. The summed E-state index contributed by atoms with van der Waals surface area (Å²) in [6.45, 7) is 7.32. The van der Waals surface area contributed by atoms with E-state index in [2.05, 4.69) is 0 Å². The Balaban J connectivity index is 0.746. The van der Waals surface area contributed by atoms with Crippen molar-refractivity contribution in [3.63, 3.8) is 0 Å². The average molecular weight is 1530 g/mol. The smallest absolute Gasteiger partial charge is 0.261 e. The molecule has 12 nitrogen and oxygen atoms in total. The van der Waals surface area contributed by atoms with Gasteiger partial charge in [-0.15, -0.1) is 0 Å². The van der Waals surface area contributed by atoms with Crippen molar-refractivity contribution in [1.82, 2.24) is 19.6 Å². The molecule has 0 heterocycles. The highest BCUT2D eigenvalue weighted by Gasteiger charge is 2.40. The number of rotatable bonds is 16. The molecule has 0 bridgehead atoms. The molecule has 0 spiro atoms. The summed E-state index contributed by atoms with van der Waals surface area (Å²) in [4.78, 5) is 135. The van der Waals surface area contributed by atoms with Crippen LogP contribution in [0.5, 0.6) is 0 Å². The summed E-state index contributed by atoms with van der Waals surface area (Å²) in [7, 11) is 0. The Morgan fingerprint density at radius 1 is 0.153 bits per heavy atom. The zero-order valence-corrected chi connectivity index (χ0v) is 65.0. The molecule has 4 atom stereocenters. The summed E-state index contributed by atoms with van der Waals surface area (Å²) >= 11 is 0. The molecule has 0 unspecified atom stereocenters. The number of hydrogen-bond donors (Lipinski definition) is 0. The van der Waals surface area contributed by atoms with Gasteiger partial charge >= 0.3 is 0 Å². The van der Waals surface area contributed by atoms with E-state index in [0.717, 1.165) is 65.0 Å². The lowest BCUT2D eigenvalue weighted by Crippen LogP contribution is -2.40. The van der Waals surface area contributed by atoms with E-state index in [9.17, 15) is 0 Å². The normalized spacial score (nSPS) is 12.5. The van der Waals surface area contributed by atoms with Gasteiger partial charge in [0.25, 0.3) is 47.3 Å². The van der Waals surface area contributed by atoms with Crippen LogP contribution in [0.3, 0.4) is 0 Å². The van der Waals surface area contributed by atoms with Gasteiger partial charge in [0.1, 0.15) is 0 Å². The molecule has 18 aromatic rings. The van der Waals surface area contributed by atoms with Crippen molar-refractivity contribution in [3.05, 3.63) is 431 Å². The van der Waals surface area contributed by atoms with Crippen molar-refractivity contribution in [3.8, 4) is 0 Å². The van der Waals surface area contributed by atoms with Crippen molar-refractivity contribution in [2.75, 3.05) is 0 Å². The summed E-state index contributed by atoms with van der Waals surface area (Å²) in [5.74, 6) is -5.03. The van der Waals surface area contributed by atoms with Crippen LogP contribution < -0.4 is 0 Å². The molecule has 0 aliphatic rings. The highest BCUT2D eigenvalue weighted by Crippen LogP contribution is 2.42. The SMILES string of the molecule is C[C@@H](c1cccc2ccccc12)N(C(=O)c1cccc2ccccc12)C(=O)c1ccc(C(=O)N(C(=O)c2ccc(C(=O)N(C(=O)c3ccc(C(=O)N(C(=O)c4cccc5ccccc45)[C@@H](C)c4cccc5ccccc45)c4ccccc34)[C@@H](C)c3cccc4ccccc34)c3ccccc23)[C@@H](C)c2cccc3ccccc23)c2ccccc12. The van der Waals surface area contributed by atoms with Gasteiger partial charge in [0.2, 0.25) is 0 Å². The van der Waals surface area contributed by atoms with Crippen LogP contribution in [-0.4, -0.2) is 66.9 Å². The molecular weight excluding hydrogens is 1460 g/mol. The maximum absolute atomic E-state index is 16.6. The molecule has 12 heteroatoms. The average Bonchev–Trinajstić information content (AvgIpc) is 0.750. The number of imide groups is 4. The largest absolute Gasteiger partial charge is 0.269 e. The third kappa shape index (κ3) is 12.9. The fourth-order valence-corrected chi connectivity index (χ4v) is 17.7. The predicted molar refractivity (Wildman–Crippen MR) is 471 cm³/mol. The van der Waals surface area contributed by atoms with Crippen molar-refractivity contribution >= 4 is 144 Å². The molecule has 8 amide bonds. The molecule has 0 N–H and O–H groups in total. The monoisotopic (exact) mass is 1530 g/mol. The summed E-state index contributed by atoms with van der Waals surface area (Å²) < 4.78 is 0. The number of carbonyl (C=O) groups excluding carboxylic acids is 8. The van der Waals surface area contributed by atoms with Crippen LogP contribution in [0, 0.1) is 0 Å². The molecule has 0 aliphatic carbocycles. The van der Waals surface area contributed by atoms with Crippen molar-refractivity contribution in [2.45, 2.75) is 51.9 Å². The Labute approximate surface area is 680 Å². The van der Waals surface area contributed by atoms with Gasteiger partial charge in [-0.25, -0.2) is 0 Å². The molecule has 18 rings (SSSR count). The molecule has 568 valence electrons. The van der Waals surface area contributed by atoms with Gasteiger partial charge in [-0.3, -0.25) is 58.0 Å². The molecule has 0 radical (unpaired) electrons. The van der Waals surface area contributed by atoms with E-state index in [0.29, 0.717) is 65.3 Å². The lowest BCUT2D eigenvalue weighted by atomic mass is 9.92. The quantitative estimate of drug-likeness (QED) is 0.0868. The molecule has 0 fully saturated rings.